The van der Waals surface area contributed by atoms with Crippen molar-refractivity contribution in [3.63, 3.8) is 0 Å². The van der Waals surface area contributed by atoms with E-state index >= 15 is 0 Å². The minimum Gasteiger partial charge on any atom is -0.395 e. The Morgan fingerprint density at radius 1 is 1.29 bits per heavy atom. The van der Waals surface area contributed by atoms with Crippen molar-refractivity contribution in [3.8, 4) is 0 Å². The third-order valence-electron chi connectivity index (χ3n) is 2.87. The largest absolute Gasteiger partial charge is 0.405 e. The molecule has 1 aliphatic rings. The number of fused-ring (bicyclic) bond motifs is 1. The van der Waals surface area contributed by atoms with Crippen LogP contribution in [0, 0.1) is 0 Å². The van der Waals surface area contributed by atoms with Crippen molar-refractivity contribution >= 4 is 34.7 Å². The molecule has 5 nitrogen and oxygen atoms in total. The molecule has 0 radical (unpaired) electrons. The first kappa shape index (κ1) is 15.6. The van der Waals surface area contributed by atoms with Crippen LogP contribution in [0.2, 0.25) is 5.02 Å². The molecule has 1 aromatic carbocycles. The molecule has 2 rings (SSSR count). The molecule has 0 atom stereocenters. The van der Waals surface area contributed by atoms with E-state index in [0.717, 1.165) is 11.0 Å². The highest BCUT2D eigenvalue weighted by Gasteiger charge is 2.34. The molecule has 21 heavy (non-hydrogen) atoms. The number of nitrogens with one attached hydrogen (secondary N) is 1. The third kappa shape index (κ3) is 3.27. The summed E-state index contributed by atoms with van der Waals surface area (Å²) in [5.41, 5.74) is 0.107. The van der Waals surface area contributed by atoms with Crippen LogP contribution in [0.5, 0.6) is 0 Å². The molecule has 0 spiro atoms. The second-order valence-electron chi connectivity index (χ2n) is 4.39. The Hall–Kier alpha value is -1.80. The van der Waals surface area contributed by atoms with E-state index in [-0.39, 0.29) is 28.5 Å². The number of anilines is 2. The number of ketones is 1. The molecule has 0 aliphatic carbocycles. The molecule has 1 amide bonds. The molecule has 0 unspecified atom stereocenters. The summed E-state index contributed by atoms with van der Waals surface area (Å²) in [5.74, 6) is -1.65. The van der Waals surface area contributed by atoms with Crippen molar-refractivity contribution < 1.29 is 27.9 Å². The van der Waals surface area contributed by atoms with Gasteiger partial charge in [-0.25, -0.2) is 0 Å². The summed E-state index contributed by atoms with van der Waals surface area (Å²) in [6.07, 6.45) is -4.49. The minimum atomic E-state index is -4.49. The number of aliphatic hydroxyl groups excluding tert-OH is 1. The highest BCUT2D eigenvalue weighted by Crippen LogP contribution is 2.36. The second-order valence-corrected chi connectivity index (χ2v) is 4.80. The zero-order chi connectivity index (χ0) is 15.8. The maximum Gasteiger partial charge on any atom is 0.405 e. The smallest absolute Gasteiger partial charge is 0.395 e. The molecule has 9 heteroatoms. The highest BCUT2D eigenvalue weighted by molar-refractivity contribution is 6.52. The number of hydrogen-bond acceptors (Lipinski definition) is 4. The van der Waals surface area contributed by atoms with Gasteiger partial charge in [-0.2, -0.15) is 13.2 Å². The second kappa shape index (κ2) is 5.53. The topological polar surface area (TPSA) is 69.6 Å². The third-order valence-corrected chi connectivity index (χ3v) is 3.17. The first-order chi connectivity index (χ1) is 9.73. The van der Waals surface area contributed by atoms with E-state index < -0.39 is 31.0 Å². The van der Waals surface area contributed by atoms with Gasteiger partial charge in [-0.1, -0.05) is 11.6 Å². The number of hydrogen-bond donors (Lipinski definition) is 2. The Morgan fingerprint density at radius 3 is 2.52 bits per heavy atom. The van der Waals surface area contributed by atoms with Crippen LogP contribution in [-0.4, -0.2) is 42.7 Å². The summed E-state index contributed by atoms with van der Waals surface area (Å²) in [7, 11) is 0. The Labute approximate surface area is 122 Å². The molecule has 2 N–H and O–H groups in total. The average molecular weight is 323 g/mol. The van der Waals surface area contributed by atoms with Crippen LogP contribution in [0.25, 0.3) is 0 Å². The summed E-state index contributed by atoms with van der Waals surface area (Å²) in [5, 5.41) is 11.0. The van der Waals surface area contributed by atoms with Gasteiger partial charge in [-0.05, 0) is 12.1 Å². The van der Waals surface area contributed by atoms with Gasteiger partial charge < -0.3 is 15.3 Å². The van der Waals surface area contributed by atoms with Gasteiger partial charge in [0.25, 0.3) is 11.7 Å². The molecule has 1 heterocycles. The standard InChI is InChI=1S/C12H10ClF3N2O3/c13-7-3-6-8(17-11(21)10(6)20)4-9(7)18(1-2-19)5-12(14,15)16/h3-4,19H,1-2,5H2,(H,17,20,21). The number of Topliss-reactive ketones (excluding diaryl/α,β-unsaturated/α-hetero) is 1. The van der Waals surface area contributed by atoms with E-state index in [9.17, 15) is 22.8 Å². The van der Waals surface area contributed by atoms with Crippen LogP contribution >= 0.6 is 11.6 Å². The minimum absolute atomic E-state index is 0.0169. The number of alkyl halides is 3. The molecule has 0 fully saturated rings. The molecule has 1 aromatic rings. The van der Waals surface area contributed by atoms with Crippen LogP contribution in [-0.2, 0) is 4.79 Å². The lowest BCUT2D eigenvalue weighted by Crippen LogP contribution is -2.36. The summed E-state index contributed by atoms with van der Waals surface area (Å²) >= 11 is 5.90. The molecular weight excluding hydrogens is 313 g/mol. The van der Waals surface area contributed by atoms with Crippen molar-refractivity contribution in [2.75, 3.05) is 29.9 Å². The summed E-state index contributed by atoms with van der Waals surface area (Å²) in [4.78, 5) is 23.6. The summed E-state index contributed by atoms with van der Waals surface area (Å²) in [6.45, 7) is -2.11. The van der Waals surface area contributed by atoms with E-state index in [0.29, 0.717) is 0 Å². The number of rotatable bonds is 4. The molecule has 0 saturated heterocycles. The zero-order valence-corrected chi connectivity index (χ0v) is 11.3. The van der Waals surface area contributed by atoms with Crippen LogP contribution in [0.4, 0.5) is 24.5 Å². The lowest BCUT2D eigenvalue weighted by atomic mass is 10.1. The highest BCUT2D eigenvalue weighted by atomic mass is 35.5. The number of carbonyl (C=O) groups is 2. The van der Waals surface area contributed by atoms with Crippen LogP contribution in [0.3, 0.4) is 0 Å². The quantitative estimate of drug-likeness (QED) is 0.830. The predicted molar refractivity (Wildman–Crippen MR) is 69.8 cm³/mol. The average Bonchev–Trinajstić information content (AvgIpc) is 2.63. The molecule has 0 aromatic heterocycles. The van der Waals surface area contributed by atoms with E-state index in [1.54, 1.807) is 0 Å². The van der Waals surface area contributed by atoms with Gasteiger partial charge in [-0.3, -0.25) is 9.59 Å². The Kier molecular flexibility index (Phi) is 4.11. The monoisotopic (exact) mass is 322 g/mol. The molecular formula is C12H10ClF3N2O3. The van der Waals surface area contributed by atoms with Crippen molar-refractivity contribution in [1.29, 1.82) is 0 Å². The van der Waals surface area contributed by atoms with Crippen molar-refractivity contribution in [1.82, 2.24) is 0 Å². The number of nitrogens with zero attached hydrogens (tertiary/aromatic N) is 1. The van der Waals surface area contributed by atoms with E-state index in [1.807, 2.05) is 0 Å². The van der Waals surface area contributed by atoms with E-state index in [4.69, 9.17) is 16.7 Å². The zero-order valence-electron chi connectivity index (χ0n) is 10.5. The molecule has 1 aliphatic heterocycles. The summed E-state index contributed by atoms with van der Waals surface area (Å²) in [6, 6.07) is 2.34. The summed E-state index contributed by atoms with van der Waals surface area (Å²) < 4.78 is 37.7. The molecule has 114 valence electrons. The van der Waals surface area contributed by atoms with Gasteiger partial charge in [0.05, 0.1) is 28.6 Å². The first-order valence-electron chi connectivity index (χ1n) is 5.84. The lowest BCUT2D eigenvalue weighted by Gasteiger charge is -2.26. The fourth-order valence-corrected chi connectivity index (χ4v) is 2.30. The maximum absolute atomic E-state index is 12.6. The van der Waals surface area contributed by atoms with Crippen molar-refractivity contribution in [2.24, 2.45) is 0 Å². The van der Waals surface area contributed by atoms with Gasteiger partial charge in [0.1, 0.15) is 6.54 Å². The van der Waals surface area contributed by atoms with E-state index in [1.165, 1.54) is 6.07 Å². The Morgan fingerprint density at radius 2 is 1.95 bits per heavy atom. The van der Waals surface area contributed by atoms with E-state index in [2.05, 4.69) is 5.32 Å². The number of carbonyl (C=O) groups excluding carboxylic acids is 2. The van der Waals surface area contributed by atoms with Gasteiger partial charge in [0.15, 0.2) is 0 Å². The number of benzene rings is 1. The predicted octanol–water partition coefficient (Wildman–Crippen LogP) is 1.84. The lowest BCUT2D eigenvalue weighted by molar-refractivity contribution is -0.120. The van der Waals surface area contributed by atoms with Crippen LogP contribution in [0.15, 0.2) is 12.1 Å². The van der Waals surface area contributed by atoms with Gasteiger partial charge in [0.2, 0.25) is 0 Å². The number of amides is 1. The van der Waals surface area contributed by atoms with Gasteiger partial charge in [-0.15, -0.1) is 0 Å². The van der Waals surface area contributed by atoms with Crippen molar-refractivity contribution in [3.05, 3.63) is 22.7 Å². The maximum atomic E-state index is 12.6. The fraction of sp³-hybridized carbons (Fsp3) is 0.333. The van der Waals surface area contributed by atoms with Crippen LogP contribution < -0.4 is 10.2 Å². The Balaban J connectivity index is 2.41. The normalized spacial score (nSPS) is 14.1. The van der Waals surface area contributed by atoms with Crippen molar-refractivity contribution in [2.45, 2.75) is 6.18 Å². The molecule has 0 saturated carbocycles. The SMILES string of the molecule is O=C1Nc2cc(N(CCO)CC(F)(F)F)c(Cl)cc2C1=O. The first-order valence-corrected chi connectivity index (χ1v) is 6.22. The number of aliphatic hydroxyl groups is 1. The Bertz CT molecular complexity index is 604. The fourth-order valence-electron chi connectivity index (χ4n) is 2.02. The molecule has 0 bridgehead atoms. The van der Waals surface area contributed by atoms with Gasteiger partial charge >= 0.3 is 6.18 Å². The number of halogens is 4. The van der Waals surface area contributed by atoms with Crippen LogP contribution in [0.1, 0.15) is 10.4 Å². The van der Waals surface area contributed by atoms with Gasteiger partial charge in [0, 0.05) is 6.54 Å².